The summed E-state index contributed by atoms with van der Waals surface area (Å²) in [6, 6.07) is 9.37. The zero-order chi connectivity index (χ0) is 25.7. The zero-order valence-electron chi connectivity index (χ0n) is 23.4. The van der Waals surface area contributed by atoms with Gasteiger partial charge in [0.1, 0.15) is 0 Å². The van der Waals surface area contributed by atoms with Crippen LogP contribution in [0.2, 0.25) is 0 Å². The van der Waals surface area contributed by atoms with E-state index in [0.29, 0.717) is 28.9 Å². The summed E-state index contributed by atoms with van der Waals surface area (Å²) in [7, 11) is 0. The van der Waals surface area contributed by atoms with E-state index in [4.69, 9.17) is 14.2 Å². The summed E-state index contributed by atoms with van der Waals surface area (Å²) in [6.07, 6.45) is 14.0. The van der Waals surface area contributed by atoms with Crippen molar-refractivity contribution in [2.75, 3.05) is 19.8 Å². The molecule has 1 spiro atoms. The first-order valence-electron chi connectivity index (χ1n) is 15.3. The highest BCUT2D eigenvalue weighted by atomic mass is 16.7. The van der Waals surface area contributed by atoms with Gasteiger partial charge in [-0.25, -0.2) is 4.79 Å². The molecular weight excluding hydrogens is 460 g/mol. The van der Waals surface area contributed by atoms with Crippen molar-refractivity contribution in [3.8, 4) is 0 Å². The van der Waals surface area contributed by atoms with Gasteiger partial charge in [-0.05, 0) is 116 Å². The molecule has 5 aliphatic rings. The molecule has 0 N–H and O–H groups in total. The molecule has 0 bridgehead atoms. The van der Waals surface area contributed by atoms with E-state index in [2.05, 4.69) is 20.8 Å². The lowest BCUT2D eigenvalue weighted by Crippen LogP contribution is -2.56. The fourth-order valence-electron chi connectivity index (χ4n) is 10.4. The normalized spacial score (nSPS) is 41.0. The number of hydrogen-bond acceptors (Lipinski definition) is 4. The molecule has 4 nitrogen and oxygen atoms in total. The second-order valence-electron chi connectivity index (χ2n) is 13.8. The fraction of sp³-hybridized carbons (Fsp3) is 0.788. The van der Waals surface area contributed by atoms with Crippen molar-refractivity contribution < 1.29 is 19.0 Å². The van der Waals surface area contributed by atoms with Crippen LogP contribution in [-0.4, -0.2) is 31.6 Å². The van der Waals surface area contributed by atoms with E-state index in [9.17, 15) is 4.79 Å². The van der Waals surface area contributed by atoms with E-state index in [1.807, 2.05) is 30.3 Å². The average molecular weight is 509 g/mol. The van der Waals surface area contributed by atoms with E-state index >= 15 is 0 Å². The van der Waals surface area contributed by atoms with Crippen LogP contribution in [0.25, 0.3) is 0 Å². The Labute approximate surface area is 224 Å². The Balaban J connectivity index is 1.05. The highest BCUT2D eigenvalue weighted by molar-refractivity contribution is 5.89. The SMILES string of the molecule is CC(CCCOC(=O)c1ccccc1)C1CCC2C3CC[C@H]4CC5(CCC4(C)C3CCC12C)OCCO5. The Morgan fingerprint density at radius 2 is 1.70 bits per heavy atom. The monoisotopic (exact) mass is 508 g/mol. The number of carbonyl (C=O) groups is 1. The molecule has 4 aliphatic carbocycles. The standard InChI is InChI=1S/C33H48O4/c1-23(8-7-19-35-30(34)24-9-5-4-6-10-24)27-13-14-28-26-12-11-25-22-33(36-20-21-37-33)18-17-31(25,2)29(26)15-16-32(27,28)3/h4-6,9-10,23,25-29H,7-8,11-22H2,1-3H3/t23?,25-,26?,27?,28?,29?,31?,32?/m0/s1. The highest BCUT2D eigenvalue weighted by Crippen LogP contribution is 2.69. The van der Waals surface area contributed by atoms with Crippen molar-refractivity contribution >= 4 is 5.97 Å². The summed E-state index contributed by atoms with van der Waals surface area (Å²) < 4.78 is 17.9. The minimum Gasteiger partial charge on any atom is -0.462 e. The minimum atomic E-state index is -0.247. The molecule has 1 saturated heterocycles. The summed E-state index contributed by atoms with van der Waals surface area (Å²) in [4.78, 5) is 12.3. The first-order chi connectivity index (χ1) is 17.8. The van der Waals surface area contributed by atoms with E-state index in [-0.39, 0.29) is 11.8 Å². The lowest BCUT2D eigenvalue weighted by molar-refractivity contribution is -0.229. The predicted molar refractivity (Wildman–Crippen MR) is 145 cm³/mol. The summed E-state index contributed by atoms with van der Waals surface area (Å²) in [5.41, 5.74) is 1.60. The maximum absolute atomic E-state index is 12.3. The largest absolute Gasteiger partial charge is 0.462 e. The van der Waals surface area contributed by atoms with Crippen LogP contribution in [0.5, 0.6) is 0 Å². The van der Waals surface area contributed by atoms with Crippen LogP contribution in [0.3, 0.4) is 0 Å². The van der Waals surface area contributed by atoms with Crippen molar-refractivity contribution in [3.05, 3.63) is 35.9 Å². The lowest BCUT2D eigenvalue weighted by atomic mass is 9.44. The van der Waals surface area contributed by atoms with E-state index < -0.39 is 0 Å². The van der Waals surface area contributed by atoms with Gasteiger partial charge in [-0.2, -0.15) is 0 Å². The van der Waals surface area contributed by atoms with E-state index in [1.54, 1.807) is 0 Å². The number of benzene rings is 1. The molecule has 4 heteroatoms. The third-order valence-electron chi connectivity index (χ3n) is 12.3. The molecule has 0 amide bonds. The molecule has 1 aliphatic heterocycles. The quantitative estimate of drug-likeness (QED) is 0.292. The van der Waals surface area contributed by atoms with Crippen molar-refractivity contribution in [2.45, 2.75) is 97.2 Å². The van der Waals surface area contributed by atoms with Crippen LogP contribution < -0.4 is 0 Å². The summed E-state index contributed by atoms with van der Waals surface area (Å²) >= 11 is 0. The molecule has 8 atom stereocenters. The first kappa shape index (κ1) is 25.9. The number of rotatable bonds is 6. The van der Waals surface area contributed by atoms with Gasteiger partial charge in [0.05, 0.1) is 25.4 Å². The third kappa shape index (κ3) is 4.48. The van der Waals surface area contributed by atoms with Crippen LogP contribution in [-0.2, 0) is 14.2 Å². The molecule has 0 radical (unpaired) electrons. The third-order valence-corrected chi connectivity index (χ3v) is 12.3. The molecule has 5 fully saturated rings. The average Bonchev–Trinajstić information content (AvgIpc) is 3.51. The second-order valence-corrected chi connectivity index (χ2v) is 13.8. The van der Waals surface area contributed by atoms with Crippen LogP contribution in [0.15, 0.2) is 30.3 Å². The Hall–Kier alpha value is -1.39. The fourth-order valence-corrected chi connectivity index (χ4v) is 10.4. The Morgan fingerprint density at radius 3 is 2.49 bits per heavy atom. The molecule has 1 aromatic rings. The van der Waals surface area contributed by atoms with Crippen molar-refractivity contribution in [2.24, 2.45) is 46.3 Å². The van der Waals surface area contributed by atoms with Crippen LogP contribution >= 0.6 is 0 Å². The van der Waals surface area contributed by atoms with Gasteiger partial charge in [-0.3, -0.25) is 0 Å². The molecule has 7 unspecified atom stereocenters. The van der Waals surface area contributed by atoms with Gasteiger partial charge in [-0.1, -0.05) is 39.0 Å². The number of fused-ring (bicyclic) bond motifs is 5. The Bertz CT molecular complexity index is 954. The molecule has 1 aromatic carbocycles. The number of hydrogen-bond donors (Lipinski definition) is 0. The van der Waals surface area contributed by atoms with Gasteiger partial charge in [0.15, 0.2) is 5.79 Å². The molecule has 1 heterocycles. The maximum atomic E-state index is 12.3. The van der Waals surface area contributed by atoms with Crippen molar-refractivity contribution in [1.82, 2.24) is 0 Å². The van der Waals surface area contributed by atoms with Crippen molar-refractivity contribution in [1.29, 1.82) is 0 Å². The number of esters is 1. The minimum absolute atomic E-state index is 0.191. The van der Waals surface area contributed by atoms with Crippen LogP contribution in [0.1, 0.15) is 102 Å². The summed E-state index contributed by atoms with van der Waals surface area (Å²) in [5, 5.41) is 0. The van der Waals surface area contributed by atoms with E-state index in [0.717, 1.165) is 68.5 Å². The summed E-state index contributed by atoms with van der Waals surface area (Å²) in [6.45, 7) is 9.87. The molecular formula is C33H48O4. The van der Waals surface area contributed by atoms with Gasteiger partial charge < -0.3 is 14.2 Å². The van der Waals surface area contributed by atoms with Gasteiger partial charge in [-0.15, -0.1) is 0 Å². The summed E-state index contributed by atoms with van der Waals surface area (Å²) in [5.74, 6) is 4.51. The smallest absolute Gasteiger partial charge is 0.338 e. The molecule has 4 saturated carbocycles. The van der Waals surface area contributed by atoms with E-state index in [1.165, 1.54) is 44.9 Å². The molecule has 37 heavy (non-hydrogen) atoms. The number of ether oxygens (including phenoxy) is 3. The highest BCUT2D eigenvalue weighted by Gasteiger charge is 2.62. The molecule has 0 aromatic heterocycles. The topological polar surface area (TPSA) is 44.8 Å². The first-order valence-corrected chi connectivity index (χ1v) is 15.3. The van der Waals surface area contributed by atoms with Gasteiger partial charge in [0, 0.05) is 12.8 Å². The Morgan fingerprint density at radius 1 is 0.946 bits per heavy atom. The van der Waals surface area contributed by atoms with Gasteiger partial charge >= 0.3 is 5.97 Å². The lowest BCUT2D eigenvalue weighted by Gasteiger charge is -2.62. The van der Waals surface area contributed by atoms with Gasteiger partial charge in [0.25, 0.3) is 0 Å². The maximum Gasteiger partial charge on any atom is 0.338 e. The van der Waals surface area contributed by atoms with Crippen LogP contribution in [0.4, 0.5) is 0 Å². The van der Waals surface area contributed by atoms with Gasteiger partial charge in [0.2, 0.25) is 0 Å². The number of carbonyl (C=O) groups excluding carboxylic acids is 1. The van der Waals surface area contributed by atoms with Crippen LogP contribution in [0, 0.1) is 46.3 Å². The molecule has 204 valence electrons. The Kier molecular flexibility index (Phi) is 6.97. The predicted octanol–water partition coefficient (Wildman–Crippen LogP) is 7.66. The zero-order valence-corrected chi connectivity index (χ0v) is 23.4. The second kappa shape index (κ2) is 9.97. The van der Waals surface area contributed by atoms with Crippen molar-refractivity contribution in [3.63, 3.8) is 0 Å². The molecule has 6 rings (SSSR count).